The molecule has 6 aromatic heterocycles. The number of amides is 1. The SMILES string of the molecule is CN(c1ccnc(NC2CCN(C(=O)OC(C)(C)C)CC2)n1)c1nc(-c2ccccc2)cc2ncnn12.CN(c1ccnc(NC2CCNCC2)n1)c1nc(-c2ccccc2)cc2ncnn12.ClCCl. The van der Waals surface area contributed by atoms with Crippen molar-refractivity contribution in [3.05, 3.63) is 110 Å². The van der Waals surface area contributed by atoms with Gasteiger partial charge in [0.05, 0.1) is 16.7 Å². The zero-order valence-corrected chi connectivity index (χ0v) is 41.2. The second-order valence-electron chi connectivity index (χ2n) is 17.4. The molecule has 2 saturated heterocycles. The first kappa shape index (κ1) is 49.1. The van der Waals surface area contributed by atoms with Crippen molar-refractivity contribution < 1.29 is 9.53 Å². The lowest BCUT2D eigenvalue weighted by atomic mass is 10.1. The number of alkyl halides is 2. The minimum atomic E-state index is -0.500. The van der Waals surface area contributed by atoms with Crippen LogP contribution in [0.25, 0.3) is 33.8 Å². The Morgan fingerprint density at radius 1 is 0.671 bits per heavy atom. The fourth-order valence-corrected chi connectivity index (χ4v) is 7.85. The van der Waals surface area contributed by atoms with Crippen molar-refractivity contribution in [1.82, 2.24) is 69.3 Å². The summed E-state index contributed by atoms with van der Waals surface area (Å²) in [5.74, 6) is 3.77. The Kier molecular flexibility index (Phi) is 16.1. The highest BCUT2D eigenvalue weighted by Gasteiger charge is 2.28. The van der Waals surface area contributed by atoms with Crippen LogP contribution in [0.5, 0.6) is 0 Å². The standard InChI is InChI=1S/C26H31N9O2.C21H23N9.CH2Cl2/c1-26(2,3)37-25(36)34-14-11-19(12-15-34)30-23-27-13-10-21(32-23)33(4)24-31-20(18-8-6-5-7-9-18)16-22-28-17-29-35(22)24;1-29(18-9-12-23-20(28-18)26-16-7-10-22-11-8-16)21-27-17(15-5-3-2-4-6-15)13-19-24-14-25-30(19)21;2-1-3/h5-10,13,16-17,19H,11-12,14-15H2,1-4H3,(H,27,30,32);2-6,9,12-14,16,22H,7-8,10-11H2,1H3,(H,23,26,28);1H2. The predicted octanol–water partition coefficient (Wildman–Crippen LogP) is 8.10. The minimum Gasteiger partial charge on any atom is -0.444 e. The molecule has 364 valence electrons. The maximum absolute atomic E-state index is 12.4. The molecule has 0 bridgehead atoms. The van der Waals surface area contributed by atoms with E-state index in [2.05, 4.69) is 46.1 Å². The van der Waals surface area contributed by atoms with Gasteiger partial charge >= 0.3 is 6.09 Å². The Morgan fingerprint density at radius 3 is 1.56 bits per heavy atom. The van der Waals surface area contributed by atoms with Crippen LogP contribution in [0, 0.1) is 0 Å². The molecule has 20 nitrogen and oxygen atoms in total. The van der Waals surface area contributed by atoms with Crippen LogP contribution >= 0.6 is 23.2 Å². The fourth-order valence-electron chi connectivity index (χ4n) is 7.85. The van der Waals surface area contributed by atoms with Crippen molar-refractivity contribution in [2.24, 2.45) is 0 Å². The van der Waals surface area contributed by atoms with Gasteiger partial charge in [-0.3, -0.25) is 9.80 Å². The number of likely N-dealkylation sites (tertiary alicyclic amines) is 1. The second kappa shape index (κ2) is 22.9. The smallest absolute Gasteiger partial charge is 0.410 e. The number of anilines is 6. The molecule has 0 unspecified atom stereocenters. The summed E-state index contributed by atoms with van der Waals surface area (Å²) >= 11 is 9.53. The first-order chi connectivity index (χ1) is 34.0. The van der Waals surface area contributed by atoms with Crippen LogP contribution in [0.2, 0.25) is 0 Å². The van der Waals surface area contributed by atoms with Gasteiger partial charge in [-0.2, -0.15) is 29.2 Å². The second-order valence-corrected chi connectivity index (χ2v) is 18.2. The Hall–Kier alpha value is -7.29. The lowest BCUT2D eigenvalue weighted by Gasteiger charge is -2.33. The van der Waals surface area contributed by atoms with Crippen molar-refractivity contribution in [2.75, 3.05) is 66.0 Å². The van der Waals surface area contributed by atoms with Crippen molar-refractivity contribution in [1.29, 1.82) is 0 Å². The van der Waals surface area contributed by atoms with Gasteiger partial charge in [-0.1, -0.05) is 60.7 Å². The van der Waals surface area contributed by atoms with E-state index in [1.165, 1.54) is 12.7 Å². The molecule has 0 spiro atoms. The van der Waals surface area contributed by atoms with Crippen molar-refractivity contribution in [3.63, 3.8) is 0 Å². The molecule has 3 N–H and O–H groups in total. The average molecular weight is 988 g/mol. The zero-order chi connectivity index (χ0) is 49.0. The number of nitrogens with zero attached hydrogens (tertiary/aromatic N) is 15. The molecular formula is C48H56Cl2N18O2. The number of benzene rings is 2. The van der Waals surface area contributed by atoms with Gasteiger partial charge in [0.15, 0.2) is 11.3 Å². The molecule has 2 aliphatic heterocycles. The maximum Gasteiger partial charge on any atom is 0.410 e. The molecule has 22 heteroatoms. The van der Waals surface area contributed by atoms with Crippen LogP contribution in [0.15, 0.2) is 110 Å². The Balaban J connectivity index is 0.000000182. The third kappa shape index (κ3) is 12.5. The number of ether oxygens (including phenoxy) is 1. The van der Waals surface area contributed by atoms with E-state index in [4.69, 9.17) is 47.9 Å². The van der Waals surface area contributed by atoms with E-state index in [9.17, 15) is 4.79 Å². The fraction of sp³-hybridized carbons (Fsp3) is 0.354. The molecule has 0 saturated carbocycles. The molecule has 0 aliphatic carbocycles. The third-order valence-electron chi connectivity index (χ3n) is 11.4. The first-order valence-corrected chi connectivity index (χ1v) is 24.0. The van der Waals surface area contributed by atoms with Crippen LogP contribution in [0.3, 0.4) is 0 Å². The highest BCUT2D eigenvalue weighted by atomic mass is 35.5. The molecule has 2 aliphatic rings. The number of halogens is 2. The van der Waals surface area contributed by atoms with Crippen molar-refractivity contribution in [3.8, 4) is 22.5 Å². The number of aromatic nitrogens is 12. The number of nitrogens with one attached hydrogen (secondary N) is 3. The van der Waals surface area contributed by atoms with Gasteiger partial charge in [-0.05, 0) is 71.7 Å². The monoisotopic (exact) mass is 986 g/mol. The van der Waals surface area contributed by atoms with Gasteiger partial charge in [0.25, 0.3) is 0 Å². The molecule has 2 aromatic carbocycles. The zero-order valence-electron chi connectivity index (χ0n) is 39.7. The molecule has 2 fully saturated rings. The van der Waals surface area contributed by atoms with E-state index in [1.807, 2.05) is 130 Å². The van der Waals surface area contributed by atoms with E-state index < -0.39 is 5.60 Å². The van der Waals surface area contributed by atoms with E-state index in [-0.39, 0.29) is 17.5 Å². The number of hydrogen-bond donors (Lipinski definition) is 3. The Bertz CT molecular complexity index is 2940. The average Bonchev–Trinajstić information content (AvgIpc) is 4.07. The number of rotatable bonds is 10. The van der Waals surface area contributed by atoms with Crippen molar-refractivity contribution in [2.45, 2.75) is 64.1 Å². The summed E-state index contributed by atoms with van der Waals surface area (Å²) in [7, 11) is 3.82. The summed E-state index contributed by atoms with van der Waals surface area (Å²) in [5, 5.41) is 19.2. The molecule has 0 radical (unpaired) electrons. The topological polar surface area (TPSA) is 210 Å². The molecule has 8 aromatic rings. The maximum atomic E-state index is 12.4. The van der Waals surface area contributed by atoms with E-state index in [0.717, 1.165) is 72.8 Å². The number of fused-ring (bicyclic) bond motifs is 2. The summed E-state index contributed by atoms with van der Waals surface area (Å²) in [4.78, 5) is 54.6. The number of carbonyl (C=O) groups excluding carboxylic acids is 1. The summed E-state index contributed by atoms with van der Waals surface area (Å²) < 4.78 is 8.90. The number of carbonyl (C=O) groups is 1. The molecule has 1 amide bonds. The van der Waals surface area contributed by atoms with Gasteiger partial charge in [0.2, 0.25) is 23.8 Å². The lowest BCUT2D eigenvalue weighted by Crippen LogP contribution is -2.44. The van der Waals surface area contributed by atoms with Gasteiger partial charge in [0.1, 0.15) is 29.9 Å². The highest BCUT2D eigenvalue weighted by Crippen LogP contribution is 2.28. The van der Waals surface area contributed by atoms with Crippen LogP contribution in [0.4, 0.5) is 40.2 Å². The quantitative estimate of drug-likeness (QED) is 0.111. The highest BCUT2D eigenvalue weighted by molar-refractivity contribution is 6.40. The molecular weight excluding hydrogens is 932 g/mol. The van der Waals surface area contributed by atoms with Gasteiger partial charge in [-0.25, -0.2) is 34.7 Å². The summed E-state index contributed by atoms with van der Waals surface area (Å²) in [6.45, 7) is 8.89. The Labute approximate surface area is 415 Å². The molecule has 8 heterocycles. The normalized spacial score (nSPS) is 14.2. The first-order valence-electron chi connectivity index (χ1n) is 23.0. The summed E-state index contributed by atoms with van der Waals surface area (Å²) in [6, 6.07) is 28.1. The van der Waals surface area contributed by atoms with Crippen LogP contribution in [0.1, 0.15) is 46.5 Å². The van der Waals surface area contributed by atoms with E-state index >= 15 is 0 Å². The van der Waals surface area contributed by atoms with Gasteiger partial charge < -0.3 is 25.6 Å². The van der Waals surface area contributed by atoms with Gasteiger partial charge in [-0.15, -0.1) is 23.2 Å². The number of piperidine rings is 2. The Morgan fingerprint density at radius 2 is 1.11 bits per heavy atom. The van der Waals surface area contributed by atoms with E-state index in [0.29, 0.717) is 54.4 Å². The van der Waals surface area contributed by atoms with Crippen LogP contribution in [-0.4, -0.2) is 133 Å². The lowest BCUT2D eigenvalue weighted by molar-refractivity contribution is 0.0210. The summed E-state index contributed by atoms with van der Waals surface area (Å²) in [6.07, 6.45) is 9.94. The predicted molar refractivity (Wildman–Crippen MR) is 273 cm³/mol. The van der Waals surface area contributed by atoms with Crippen LogP contribution in [-0.2, 0) is 4.74 Å². The minimum absolute atomic E-state index is 0.154. The van der Waals surface area contributed by atoms with Crippen LogP contribution < -0.4 is 25.8 Å². The summed E-state index contributed by atoms with van der Waals surface area (Å²) in [5.41, 5.74) is 4.57. The molecule has 10 rings (SSSR count). The number of hydrogen-bond acceptors (Lipinski definition) is 17. The van der Waals surface area contributed by atoms with Gasteiger partial charge in [0, 0.05) is 74.9 Å². The largest absolute Gasteiger partial charge is 0.444 e. The molecule has 0 atom stereocenters. The van der Waals surface area contributed by atoms with E-state index in [1.54, 1.807) is 26.3 Å². The third-order valence-corrected chi connectivity index (χ3v) is 11.4. The van der Waals surface area contributed by atoms with Crippen molar-refractivity contribution >= 4 is 76.0 Å². The molecule has 70 heavy (non-hydrogen) atoms.